The van der Waals surface area contributed by atoms with Gasteiger partial charge in [0.1, 0.15) is 5.76 Å². The van der Waals surface area contributed by atoms with Crippen LogP contribution in [0.2, 0.25) is 0 Å². The van der Waals surface area contributed by atoms with Gasteiger partial charge in [-0.05, 0) is 39.1 Å². The third-order valence-electron chi connectivity index (χ3n) is 3.65. The maximum absolute atomic E-state index is 5.56. The van der Waals surface area contributed by atoms with E-state index in [4.69, 9.17) is 4.42 Å². The molecule has 0 bridgehead atoms. The van der Waals surface area contributed by atoms with Crippen molar-refractivity contribution in [2.75, 3.05) is 21.1 Å². The predicted octanol–water partition coefficient (Wildman–Crippen LogP) is 2.22. The van der Waals surface area contributed by atoms with Gasteiger partial charge in [0.15, 0.2) is 5.96 Å². The van der Waals surface area contributed by atoms with Crippen molar-refractivity contribution in [3.05, 3.63) is 52.7 Å². The maximum atomic E-state index is 5.56. The molecule has 0 fully saturated rings. The van der Waals surface area contributed by atoms with Crippen LogP contribution in [-0.2, 0) is 19.6 Å². The van der Waals surface area contributed by atoms with Crippen molar-refractivity contribution in [3.63, 3.8) is 0 Å². The molecule has 1 aromatic heterocycles. The van der Waals surface area contributed by atoms with Gasteiger partial charge < -0.3 is 20.0 Å². The van der Waals surface area contributed by atoms with Crippen LogP contribution in [-0.4, -0.2) is 37.0 Å². The lowest BCUT2D eigenvalue weighted by molar-refractivity contribution is 0.402. The highest BCUT2D eigenvalue weighted by Crippen LogP contribution is 2.08. The maximum Gasteiger partial charge on any atom is 0.214 e. The number of oxazole rings is 1. The molecule has 0 amide bonds. The van der Waals surface area contributed by atoms with E-state index in [-0.39, 0.29) is 0 Å². The first-order valence-electron chi connectivity index (χ1n) is 8.08. The highest BCUT2D eigenvalue weighted by Gasteiger charge is 2.06. The SMILES string of the molecule is CN=C(NCc1cccc(CN(C)C)c1)NCc1nc(C)c(C)o1. The quantitative estimate of drug-likeness (QED) is 0.628. The van der Waals surface area contributed by atoms with Gasteiger partial charge in [0.2, 0.25) is 5.89 Å². The molecule has 6 heteroatoms. The predicted molar refractivity (Wildman–Crippen MR) is 96.8 cm³/mol. The van der Waals surface area contributed by atoms with Gasteiger partial charge in [0.25, 0.3) is 0 Å². The van der Waals surface area contributed by atoms with Crippen LogP contribution >= 0.6 is 0 Å². The fourth-order valence-electron chi connectivity index (χ4n) is 2.38. The van der Waals surface area contributed by atoms with Gasteiger partial charge in [-0.25, -0.2) is 4.98 Å². The van der Waals surface area contributed by atoms with Crippen LogP contribution < -0.4 is 10.6 Å². The molecule has 0 unspecified atom stereocenters. The van der Waals surface area contributed by atoms with Crippen molar-refractivity contribution < 1.29 is 4.42 Å². The number of aromatic nitrogens is 1. The van der Waals surface area contributed by atoms with Crippen molar-refractivity contribution in [3.8, 4) is 0 Å². The summed E-state index contributed by atoms with van der Waals surface area (Å²) < 4.78 is 5.56. The minimum atomic E-state index is 0.509. The minimum Gasteiger partial charge on any atom is -0.444 e. The topological polar surface area (TPSA) is 65.7 Å². The molecule has 0 saturated carbocycles. The molecule has 2 N–H and O–H groups in total. The average Bonchev–Trinajstić information content (AvgIpc) is 2.85. The Morgan fingerprint density at radius 2 is 1.88 bits per heavy atom. The molecule has 0 aliphatic carbocycles. The Balaban J connectivity index is 1.87. The summed E-state index contributed by atoms with van der Waals surface area (Å²) in [5.74, 6) is 2.25. The van der Waals surface area contributed by atoms with E-state index < -0.39 is 0 Å². The molecule has 0 atom stereocenters. The fourth-order valence-corrected chi connectivity index (χ4v) is 2.38. The zero-order chi connectivity index (χ0) is 17.5. The summed E-state index contributed by atoms with van der Waals surface area (Å²) in [4.78, 5) is 10.8. The summed E-state index contributed by atoms with van der Waals surface area (Å²) in [5, 5.41) is 6.53. The Bertz CT molecular complexity index is 671. The number of nitrogens with one attached hydrogen (secondary N) is 2. The number of nitrogens with zero attached hydrogens (tertiary/aromatic N) is 3. The molecular weight excluding hydrogens is 302 g/mol. The summed E-state index contributed by atoms with van der Waals surface area (Å²) in [6, 6.07) is 8.55. The largest absolute Gasteiger partial charge is 0.444 e. The zero-order valence-electron chi connectivity index (χ0n) is 15.2. The summed E-state index contributed by atoms with van der Waals surface area (Å²) in [7, 11) is 5.90. The third-order valence-corrected chi connectivity index (χ3v) is 3.65. The summed E-state index contributed by atoms with van der Waals surface area (Å²) in [6.07, 6.45) is 0. The smallest absolute Gasteiger partial charge is 0.214 e. The molecule has 0 radical (unpaired) electrons. The van der Waals surface area contributed by atoms with Crippen molar-refractivity contribution in [2.24, 2.45) is 4.99 Å². The van der Waals surface area contributed by atoms with E-state index in [2.05, 4.69) is 63.9 Å². The highest BCUT2D eigenvalue weighted by atomic mass is 16.4. The van der Waals surface area contributed by atoms with E-state index in [1.807, 2.05) is 13.8 Å². The second kappa shape index (κ2) is 8.49. The van der Waals surface area contributed by atoms with Crippen LogP contribution in [0.1, 0.15) is 28.5 Å². The van der Waals surface area contributed by atoms with Crippen molar-refractivity contribution >= 4 is 5.96 Å². The van der Waals surface area contributed by atoms with Crippen LogP contribution in [0.4, 0.5) is 0 Å². The first-order valence-corrected chi connectivity index (χ1v) is 8.08. The molecule has 2 aromatic rings. The molecule has 1 heterocycles. The number of aryl methyl sites for hydroxylation is 2. The average molecular weight is 329 g/mol. The first kappa shape index (κ1) is 18.0. The van der Waals surface area contributed by atoms with Crippen molar-refractivity contribution in [2.45, 2.75) is 33.5 Å². The molecule has 2 rings (SSSR count). The van der Waals surface area contributed by atoms with Gasteiger partial charge in [-0.1, -0.05) is 24.3 Å². The Kier molecular flexibility index (Phi) is 6.37. The van der Waals surface area contributed by atoms with E-state index in [1.54, 1.807) is 7.05 Å². The molecular formula is C18H27N5O. The standard InChI is InChI=1S/C18H27N5O/c1-13-14(2)24-17(22-13)11-21-18(19-3)20-10-15-7-6-8-16(9-15)12-23(4)5/h6-9H,10-12H2,1-5H3,(H2,19,20,21). The minimum absolute atomic E-state index is 0.509. The van der Waals surface area contributed by atoms with Crippen LogP contribution in [0.25, 0.3) is 0 Å². The van der Waals surface area contributed by atoms with Gasteiger partial charge in [-0.15, -0.1) is 0 Å². The summed E-state index contributed by atoms with van der Waals surface area (Å²) >= 11 is 0. The van der Waals surface area contributed by atoms with Gasteiger partial charge in [-0.2, -0.15) is 0 Å². The molecule has 1 aromatic carbocycles. The van der Waals surface area contributed by atoms with Crippen LogP contribution in [0.5, 0.6) is 0 Å². The van der Waals surface area contributed by atoms with E-state index in [0.29, 0.717) is 19.0 Å². The van der Waals surface area contributed by atoms with Crippen LogP contribution in [0.3, 0.4) is 0 Å². The molecule has 0 spiro atoms. The van der Waals surface area contributed by atoms with Crippen molar-refractivity contribution in [1.82, 2.24) is 20.5 Å². The van der Waals surface area contributed by atoms with Gasteiger partial charge >= 0.3 is 0 Å². The van der Waals surface area contributed by atoms with E-state index in [1.165, 1.54) is 11.1 Å². The van der Waals surface area contributed by atoms with Gasteiger partial charge in [-0.3, -0.25) is 4.99 Å². The van der Waals surface area contributed by atoms with E-state index in [0.717, 1.165) is 24.0 Å². The molecule has 24 heavy (non-hydrogen) atoms. The van der Waals surface area contributed by atoms with Gasteiger partial charge in [0.05, 0.1) is 12.2 Å². The summed E-state index contributed by atoms with van der Waals surface area (Å²) in [5.41, 5.74) is 3.44. The van der Waals surface area contributed by atoms with E-state index in [9.17, 15) is 0 Å². The zero-order valence-corrected chi connectivity index (χ0v) is 15.2. The van der Waals surface area contributed by atoms with E-state index >= 15 is 0 Å². The Morgan fingerprint density at radius 1 is 1.17 bits per heavy atom. The molecule has 6 nitrogen and oxygen atoms in total. The normalized spacial score (nSPS) is 11.8. The van der Waals surface area contributed by atoms with Crippen molar-refractivity contribution in [1.29, 1.82) is 0 Å². The number of hydrogen-bond donors (Lipinski definition) is 2. The number of guanidine groups is 1. The third kappa shape index (κ3) is 5.38. The lowest BCUT2D eigenvalue weighted by atomic mass is 10.1. The fraction of sp³-hybridized carbons (Fsp3) is 0.444. The van der Waals surface area contributed by atoms with Gasteiger partial charge in [0, 0.05) is 20.1 Å². The number of aliphatic imine (C=N–C) groups is 1. The molecule has 130 valence electrons. The molecule has 0 aliphatic rings. The van der Waals surface area contributed by atoms with Crippen LogP contribution in [0, 0.1) is 13.8 Å². The number of hydrogen-bond acceptors (Lipinski definition) is 4. The Labute approximate surface area is 144 Å². The Morgan fingerprint density at radius 3 is 2.50 bits per heavy atom. The Hall–Kier alpha value is -2.34. The highest BCUT2D eigenvalue weighted by molar-refractivity contribution is 5.79. The molecule has 0 saturated heterocycles. The first-order chi connectivity index (χ1) is 11.5. The van der Waals surface area contributed by atoms with Crippen LogP contribution in [0.15, 0.2) is 33.7 Å². The second-order valence-corrected chi connectivity index (χ2v) is 6.09. The number of rotatable bonds is 6. The lowest BCUT2D eigenvalue weighted by Crippen LogP contribution is -2.36. The second-order valence-electron chi connectivity index (χ2n) is 6.09. The monoisotopic (exact) mass is 329 g/mol. The number of benzene rings is 1. The summed E-state index contributed by atoms with van der Waals surface area (Å²) in [6.45, 7) is 6.01. The lowest BCUT2D eigenvalue weighted by Gasteiger charge is -2.13. The molecule has 0 aliphatic heterocycles.